The number of pyridine rings is 1. The van der Waals surface area contributed by atoms with Crippen LogP contribution in [0.1, 0.15) is 28.6 Å². The molecular weight excluding hydrogens is 215 g/mol. The van der Waals surface area contributed by atoms with Crippen LogP contribution in [0, 0.1) is 19.7 Å². The molecule has 2 rings (SSSR count). The van der Waals surface area contributed by atoms with Gasteiger partial charge in [-0.25, -0.2) is 4.39 Å². The molecule has 1 unspecified atom stereocenters. The zero-order valence-corrected chi connectivity index (χ0v) is 9.94. The first kappa shape index (κ1) is 11.7. The molecule has 0 spiro atoms. The van der Waals surface area contributed by atoms with Crippen molar-refractivity contribution in [1.82, 2.24) is 4.98 Å². The molecule has 0 aliphatic carbocycles. The van der Waals surface area contributed by atoms with Crippen LogP contribution in [-0.2, 0) is 0 Å². The van der Waals surface area contributed by atoms with Gasteiger partial charge in [0.1, 0.15) is 5.82 Å². The molecular formula is C14H15FN2. The Morgan fingerprint density at radius 1 is 1.00 bits per heavy atom. The van der Waals surface area contributed by atoms with Crippen molar-refractivity contribution in [3.05, 3.63) is 64.7 Å². The number of benzene rings is 1. The fourth-order valence-electron chi connectivity index (χ4n) is 1.91. The Morgan fingerprint density at radius 2 is 1.53 bits per heavy atom. The second-order valence-corrected chi connectivity index (χ2v) is 4.21. The quantitative estimate of drug-likeness (QED) is 0.861. The summed E-state index contributed by atoms with van der Waals surface area (Å²) < 4.78 is 12.8. The fraction of sp³-hybridized carbons (Fsp3) is 0.214. The summed E-state index contributed by atoms with van der Waals surface area (Å²) in [6.45, 7) is 3.88. The van der Waals surface area contributed by atoms with Crippen molar-refractivity contribution in [2.75, 3.05) is 0 Å². The lowest BCUT2D eigenvalue weighted by atomic mass is 9.99. The van der Waals surface area contributed by atoms with Crippen LogP contribution < -0.4 is 5.73 Å². The molecule has 2 nitrogen and oxygen atoms in total. The van der Waals surface area contributed by atoms with E-state index in [1.54, 1.807) is 12.1 Å². The number of hydrogen-bond acceptors (Lipinski definition) is 2. The number of aromatic nitrogens is 1. The van der Waals surface area contributed by atoms with Crippen LogP contribution in [0.25, 0.3) is 0 Å². The van der Waals surface area contributed by atoms with E-state index in [1.807, 2.05) is 26.0 Å². The highest BCUT2D eigenvalue weighted by Crippen LogP contribution is 2.20. The minimum atomic E-state index is -0.247. The molecule has 0 saturated carbocycles. The molecule has 0 saturated heterocycles. The van der Waals surface area contributed by atoms with Gasteiger partial charge in [0.25, 0.3) is 0 Å². The van der Waals surface area contributed by atoms with Crippen LogP contribution in [0.15, 0.2) is 36.4 Å². The molecule has 0 aliphatic rings. The minimum absolute atomic E-state index is 0.240. The zero-order valence-electron chi connectivity index (χ0n) is 9.94. The summed E-state index contributed by atoms with van der Waals surface area (Å²) >= 11 is 0. The van der Waals surface area contributed by atoms with Crippen LogP contribution in [0.3, 0.4) is 0 Å². The van der Waals surface area contributed by atoms with Crippen LogP contribution in [0.2, 0.25) is 0 Å². The normalized spacial score (nSPS) is 12.5. The van der Waals surface area contributed by atoms with Gasteiger partial charge in [0.2, 0.25) is 0 Å². The van der Waals surface area contributed by atoms with Gasteiger partial charge >= 0.3 is 0 Å². The van der Waals surface area contributed by atoms with Crippen molar-refractivity contribution >= 4 is 0 Å². The van der Waals surface area contributed by atoms with Crippen LogP contribution in [-0.4, -0.2) is 4.98 Å². The highest BCUT2D eigenvalue weighted by atomic mass is 19.1. The number of nitrogens with two attached hydrogens (primary N) is 1. The summed E-state index contributed by atoms with van der Waals surface area (Å²) in [5.74, 6) is -0.247. The summed E-state index contributed by atoms with van der Waals surface area (Å²) in [6.07, 6.45) is 0. The van der Waals surface area contributed by atoms with Crippen molar-refractivity contribution < 1.29 is 4.39 Å². The van der Waals surface area contributed by atoms with E-state index < -0.39 is 0 Å². The Bertz CT molecular complexity index is 500. The molecule has 0 bridgehead atoms. The molecule has 0 aliphatic heterocycles. The Balaban J connectivity index is 2.36. The minimum Gasteiger partial charge on any atom is -0.320 e. The van der Waals surface area contributed by atoms with Crippen molar-refractivity contribution in [2.24, 2.45) is 5.73 Å². The predicted molar refractivity (Wildman–Crippen MR) is 66.1 cm³/mol. The summed E-state index contributed by atoms with van der Waals surface area (Å²) in [4.78, 5) is 4.31. The largest absolute Gasteiger partial charge is 0.320 e. The SMILES string of the molecule is Cc1cc(C(N)c2ccc(F)cc2)cc(C)n1. The fourth-order valence-corrected chi connectivity index (χ4v) is 1.91. The second kappa shape index (κ2) is 4.63. The van der Waals surface area contributed by atoms with E-state index in [1.165, 1.54) is 12.1 Å². The maximum Gasteiger partial charge on any atom is 0.123 e. The van der Waals surface area contributed by atoms with E-state index in [-0.39, 0.29) is 11.9 Å². The summed E-state index contributed by atoms with van der Waals surface area (Å²) in [7, 11) is 0. The third kappa shape index (κ3) is 2.68. The molecule has 1 aromatic heterocycles. The lowest BCUT2D eigenvalue weighted by molar-refractivity contribution is 0.626. The lowest BCUT2D eigenvalue weighted by Crippen LogP contribution is -2.12. The molecule has 17 heavy (non-hydrogen) atoms. The predicted octanol–water partition coefficient (Wildman–Crippen LogP) is 2.89. The monoisotopic (exact) mass is 230 g/mol. The van der Waals surface area contributed by atoms with Gasteiger partial charge in [-0.3, -0.25) is 4.98 Å². The van der Waals surface area contributed by atoms with E-state index >= 15 is 0 Å². The van der Waals surface area contributed by atoms with Crippen LogP contribution in [0.5, 0.6) is 0 Å². The Kier molecular flexibility index (Phi) is 3.20. The number of hydrogen-bond donors (Lipinski definition) is 1. The van der Waals surface area contributed by atoms with Gasteiger partial charge in [-0.2, -0.15) is 0 Å². The first-order valence-electron chi connectivity index (χ1n) is 5.52. The summed E-state index contributed by atoms with van der Waals surface area (Å²) in [6, 6.07) is 9.96. The first-order chi connectivity index (χ1) is 8.06. The molecule has 2 aromatic rings. The highest BCUT2D eigenvalue weighted by molar-refractivity contribution is 5.33. The molecule has 1 atom stereocenters. The molecule has 88 valence electrons. The van der Waals surface area contributed by atoms with E-state index in [0.29, 0.717) is 0 Å². The van der Waals surface area contributed by atoms with Crippen LogP contribution >= 0.6 is 0 Å². The Labute approximate surface area is 100 Å². The average molecular weight is 230 g/mol. The number of aryl methyl sites for hydroxylation is 2. The maximum atomic E-state index is 12.8. The topological polar surface area (TPSA) is 38.9 Å². The van der Waals surface area contributed by atoms with Gasteiger partial charge in [0.15, 0.2) is 0 Å². The maximum absolute atomic E-state index is 12.8. The molecule has 0 fully saturated rings. The molecule has 2 N–H and O–H groups in total. The van der Waals surface area contributed by atoms with Crippen molar-refractivity contribution in [1.29, 1.82) is 0 Å². The van der Waals surface area contributed by atoms with E-state index in [0.717, 1.165) is 22.5 Å². The lowest BCUT2D eigenvalue weighted by Gasteiger charge is -2.13. The van der Waals surface area contributed by atoms with Gasteiger partial charge in [-0.1, -0.05) is 12.1 Å². The van der Waals surface area contributed by atoms with Gasteiger partial charge < -0.3 is 5.73 Å². The molecule has 1 aromatic carbocycles. The average Bonchev–Trinajstić information content (AvgIpc) is 2.28. The van der Waals surface area contributed by atoms with E-state index in [9.17, 15) is 4.39 Å². The molecule has 1 heterocycles. The van der Waals surface area contributed by atoms with Gasteiger partial charge in [-0.05, 0) is 49.2 Å². The Hall–Kier alpha value is -1.74. The number of nitrogens with zero attached hydrogens (tertiary/aromatic N) is 1. The first-order valence-corrected chi connectivity index (χ1v) is 5.52. The van der Waals surface area contributed by atoms with E-state index in [2.05, 4.69) is 4.98 Å². The van der Waals surface area contributed by atoms with E-state index in [4.69, 9.17) is 5.73 Å². The Morgan fingerprint density at radius 3 is 2.06 bits per heavy atom. The third-order valence-electron chi connectivity index (χ3n) is 2.69. The third-order valence-corrected chi connectivity index (χ3v) is 2.69. The van der Waals surface area contributed by atoms with Crippen molar-refractivity contribution in [3.63, 3.8) is 0 Å². The highest BCUT2D eigenvalue weighted by Gasteiger charge is 2.10. The van der Waals surface area contributed by atoms with Gasteiger partial charge in [0, 0.05) is 11.4 Å². The smallest absolute Gasteiger partial charge is 0.123 e. The number of rotatable bonds is 2. The van der Waals surface area contributed by atoms with Crippen LogP contribution in [0.4, 0.5) is 4.39 Å². The van der Waals surface area contributed by atoms with Crippen molar-refractivity contribution in [2.45, 2.75) is 19.9 Å². The molecule has 3 heteroatoms. The van der Waals surface area contributed by atoms with Crippen molar-refractivity contribution in [3.8, 4) is 0 Å². The summed E-state index contributed by atoms with van der Waals surface area (Å²) in [5, 5.41) is 0. The summed E-state index contributed by atoms with van der Waals surface area (Å²) in [5.41, 5.74) is 9.94. The molecule has 0 amide bonds. The van der Waals surface area contributed by atoms with Gasteiger partial charge in [0.05, 0.1) is 6.04 Å². The molecule has 0 radical (unpaired) electrons. The second-order valence-electron chi connectivity index (χ2n) is 4.21. The number of halogens is 1. The zero-order chi connectivity index (χ0) is 12.4. The van der Waals surface area contributed by atoms with Gasteiger partial charge in [-0.15, -0.1) is 0 Å². The standard InChI is InChI=1S/C14H15FN2/c1-9-7-12(8-10(2)17-9)14(16)11-3-5-13(15)6-4-11/h3-8,14H,16H2,1-2H3.